The quantitative estimate of drug-likeness (QED) is 0.802. The van der Waals surface area contributed by atoms with Crippen molar-refractivity contribution >= 4 is 21.7 Å². The van der Waals surface area contributed by atoms with Gasteiger partial charge in [-0.2, -0.15) is 0 Å². The van der Waals surface area contributed by atoms with E-state index in [4.69, 9.17) is 4.74 Å². The van der Waals surface area contributed by atoms with Gasteiger partial charge in [0.1, 0.15) is 5.82 Å². The first-order valence-corrected chi connectivity index (χ1v) is 6.54. The van der Waals surface area contributed by atoms with E-state index in [1.54, 1.807) is 7.11 Å². The van der Waals surface area contributed by atoms with Gasteiger partial charge >= 0.3 is 0 Å². The Hall–Kier alpha value is -0.870. The van der Waals surface area contributed by atoms with E-state index in [0.717, 1.165) is 36.4 Å². The largest absolute Gasteiger partial charge is 0.380 e. The van der Waals surface area contributed by atoms with Crippen LogP contribution in [-0.4, -0.2) is 31.8 Å². The summed E-state index contributed by atoms with van der Waals surface area (Å²) in [4.78, 5) is 6.77. The zero-order valence-electron chi connectivity index (χ0n) is 10.2. The van der Waals surface area contributed by atoms with E-state index in [1.807, 2.05) is 13.1 Å². The Bertz CT molecular complexity index is 431. The number of pyridine rings is 1. The maximum atomic E-state index is 5.15. The predicted octanol–water partition coefficient (Wildman–Crippen LogP) is 2.94. The van der Waals surface area contributed by atoms with E-state index in [0.29, 0.717) is 0 Å². The first-order valence-electron chi connectivity index (χ1n) is 5.74. The van der Waals surface area contributed by atoms with Crippen LogP contribution in [-0.2, 0) is 4.74 Å². The molecule has 4 heteroatoms. The molecule has 0 aromatic carbocycles. The first-order chi connectivity index (χ1) is 8.20. The van der Waals surface area contributed by atoms with Crippen LogP contribution in [0.2, 0.25) is 0 Å². The average molecular weight is 297 g/mol. The summed E-state index contributed by atoms with van der Waals surface area (Å²) >= 11 is 3.58. The highest BCUT2D eigenvalue weighted by Gasteiger charge is 2.15. The van der Waals surface area contributed by atoms with Crippen molar-refractivity contribution in [3.63, 3.8) is 0 Å². The van der Waals surface area contributed by atoms with Crippen molar-refractivity contribution in [2.24, 2.45) is 0 Å². The van der Waals surface area contributed by atoms with Gasteiger partial charge in [0.15, 0.2) is 0 Å². The maximum absolute atomic E-state index is 5.15. The van der Waals surface area contributed by atoms with Crippen molar-refractivity contribution < 1.29 is 4.74 Å². The van der Waals surface area contributed by atoms with E-state index < -0.39 is 0 Å². The molecule has 1 aromatic rings. The number of hydrogen-bond acceptors (Lipinski definition) is 3. The molecule has 2 heterocycles. The third kappa shape index (κ3) is 3.07. The van der Waals surface area contributed by atoms with Crippen LogP contribution in [0, 0.1) is 6.92 Å². The minimum absolute atomic E-state index is 0.746. The molecule has 0 unspecified atom stereocenters. The third-order valence-corrected chi connectivity index (χ3v) is 3.47. The molecule has 0 atom stereocenters. The fourth-order valence-electron chi connectivity index (χ4n) is 1.98. The lowest BCUT2D eigenvalue weighted by Gasteiger charge is -2.28. The van der Waals surface area contributed by atoms with Crippen molar-refractivity contribution in [1.29, 1.82) is 0 Å². The van der Waals surface area contributed by atoms with Gasteiger partial charge in [-0.25, -0.2) is 4.98 Å². The van der Waals surface area contributed by atoms with Crippen LogP contribution in [0.3, 0.4) is 0 Å². The Morgan fingerprint density at radius 1 is 1.53 bits per heavy atom. The second kappa shape index (κ2) is 5.65. The molecule has 1 aliphatic heterocycles. The van der Waals surface area contributed by atoms with E-state index in [2.05, 4.69) is 38.0 Å². The number of anilines is 1. The van der Waals surface area contributed by atoms with Gasteiger partial charge in [-0.1, -0.05) is 6.08 Å². The lowest BCUT2D eigenvalue weighted by molar-refractivity contribution is 0.222. The standard InChI is InChI=1S/C13H17BrN2O/c1-10-7-12(14)13(15-8-10)16-5-3-11(4-6-16)9-17-2/h3,7-8H,4-6,9H2,1-2H3. The van der Waals surface area contributed by atoms with Gasteiger partial charge in [0, 0.05) is 26.4 Å². The van der Waals surface area contributed by atoms with Crippen LogP contribution in [0.4, 0.5) is 5.82 Å². The molecule has 0 bridgehead atoms. The van der Waals surface area contributed by atoms with E-state index in [-0.39, 0.29) is 0 Å². The Kier molecular flexibility index (Phi) is 4.18. The molecule has 0 N–H and O–H groups in total. The number of hydrogen-bond donors (Lipinski definition) is 0. The molecular formula is C13H17BrN2O. The second-order valence-corrected chi connectivity index (χ2v) is 5.16. The molecule has 0 amide bonds. The highest BCUT2D eigenvalue weighted by molar-refractivity contribution is 9.10. The van der Waals surface area contributed by atoms with Gasteiger partial charge < -0.3 is 9.64 Å². The molecule has 1 aromatic heterocycles. The fourth-order valence-corrected chi connectivity index (χ4v) is 2.69. The highest BCUT2D eigenvalue weighted by Crippen LogP contribution is 2.26. The Balaban J connectivity index is 2.10. The summed E-state index contributed by atoms with van der Waals surface area (Å²) in [5, 5.41) is 0. The van der Waals surface area contributed by atoms with Gasteiger partial charge in [0.2, 0.25) is 0 Å². The van der Waals surface area contributed by atoms with Gasteiger partial charge in [0.25, 0.3) is 0 Å². The number of aromatic nitrogens is 1. The molecule has 92 valence electrons. The Morgan fingerprint density at radius 3 is 2.94 bits per heavy atom. The highest BCUT2D eigenvalue weighted by atomic mass is 79.9. The zero-order chi connectivity index (χ0) is 12.3. The van der Waals surface area contributed by atoms with Gasteiger partial charge in [0.05, 0.1) is 11.1 Å². The average Bonchev–Trinajstić information content (AvgIpc) is 2.31. The second-order valence-electron chi connectivity index (χ2n) is 4.31. The minimum atomic E-state index is 0.746. The molecule has 0 spiro atoms. The van der Waals surface area contributed by atoms with Crippen LogP contribution >= 0.6 is 15.9 Å². The summed E-state index contributed by atoms with van der Waals surface area (Å²) < 4.78 is 6.22. The summed E-state index contributed by atoms with van der Waals surface area (Å²) in [7, 11) is 1.74. The van der Waals surface area contributed by atoms with Crippen molar-refractivity contribution in [3.8, 4) is 0 Å². The normalized spacial score (nSPS) is 15.9. The zero-order valence-corrected chi connectivity index (χ0v) is 11.8. The molecular weight excluding hydrogens is 280 g/mol. The van der Waals surface area contributed by atoms with Crippen molar-refractivity contribution in [3.05, 3.63) is 33.9 Å². The topological polar surface area (TPSA) is 25.4 Å². The van der Waals surface area contributed by atoms with Crippen LogP contribution < -0.4 is 4.90 Å². The lowest BCUT2D eigenvalue weighted by Crippen LogP contribution is -2.30. The molecule has 1 aliphatic rings. The van der Waals surface area contributed by atoms with Gasteiger partial charge in [-0.15, -0.1) is 0 Å². The number of ether oxygens (including phenoxy) is 1. The van der Waals surface area contributed by atoms with Crippen LogP contribution in [0.5, 0.6) is 0 Å². The molecule has 2 rings (SSSR count). The molecule has 0 fully saturated rings. The maximum Gasteiger partial charge on any atom is 0.143 e. The molecule has 0 aliphatic carbocycles. The number of aryl methyl sites for hydroxylation is 1. The number of methoxy groups -OCH3 is 1. The molecule has 0 radical (unpaired) electrons. The van der Waals surface area contributed by atoms with Gasteiger partial charge in [-0.3, -0.25) is 0 Å². The fraction of sp³-hybridized carbons (Fsp3) is 0.462. The Labute approximate surface area is 111 Å². The summed E-state index contributed by atoms with van der Waals surface area (Å²) in [5.41, 5.74) is 2.56. The van der Waals surface area contributed by atoms with Crippen LogP contribution in [0.15, 0.2) is 28.4 Å². The molecule has 17 heavy (non-hydrogen) atoms. The van der Waals surface area contributed by atoms with E-state index in [9.17, 15) is 0 Å². The van der Waals surface area contributed by atoms with E-state index >= 15 is 0 Å². The Morgan fingerprint density at radius 2 is 2.35 bits per heavy atom. The van der Waals surface area contributed by atoms with Gasteiger partial charge in [-0.05, 0) is 46.5 Å². The summed E-state index contributed by atoms with van der Waals surface area (Å²) in [5.74, 6) is 1.03. The van der Waals surface area contributed by atoms with Crippen molar-refractivity contribution in [2.75, 3.05) is 31.7 Å². The molecule has 0 saturated heterocycles. The van der Waals surface area contributed by atoms with Crippen LogP contribution in [0.1, 0.15) is 12.0 Å². The number of halogens is 1. The molecule has 3 nitrogen and oxygen atoms in total. The number of nitrogens with zero attached hydrogens (tertiary/aromatic N) is 2. The summed E-state index contributed by atoms with van der Waals surface area (Å²) in [6.07, 6.45) is 5.20. The van der Waals surface area contributed by atoms with Crippen molar-refractivity contribution in [2.45, 2.75) is 13.3 Å². The van der Waals surface area contributed by atoms with Crippen LogP contribution in [0.25, 0.3) is 0 Å². The summed E-state index contributed by atoms with van der Waals surface area (Å²) in [6, 6.07) is 2.11. The predicted molar refractivity (Wildman–Crippen MR) is 73.5 cm³/mol. The lowest BCUT2D eigenvalue weighted by atomic mass is 10.1. The number of rotatable bonds is 3. The SMILES string of the molecule is COCC1=CCN(c2ncc(C)cc2Br)CC1. The monoisotopic (exact) mass is 296 g/mol. The van der Waals surface area contributed by atoms with Crippen molar-refractivity contribution in [1.82, 2.24) is 4.98 Å². The molecule has 0 saturated carbocycles. The third-order valence-electron chi connectivity index (χ3n) is 2.89. The minimum Gasteiger partial charge on any atom is -0.380 e. The smallest absolute Gasteiger partial charge is 0.143 e. The van der Waals surface area contributed by atoms with E-state index in [1.165, 1.54) is 11.1 Å². The first kappa shape index (κ1) is 12.6. The summed E-state index contributed by atoms with van der Waals surface area (Å²) in [6.45, 7) is 4.71.